The first kappa shape index (κ1) is 17.6. The summed E-state index contributed by atoms with van der Waals surface area (Å²) in [6.07, 6.45) is 3.58. The second-order valence-corrected chi connectivity index (χ2v) is 6.91. The quantitative estimate of drug-likeness (QED) is 0.668. The summed E-state index contributed by atoms with van der Waals surface area (Å²) in [5.74, 6) is 0.590. The second-order valence-electron chi connectivity index (χ2n) is 6.91. The molecule has 0 bridgehead atoms. The minimum Gasteiger partial charge on any atom is -0.467 e. The molecule has 2 aromatic heterocycles. The third kappa shape index (κ3) is 3.55. The molecule has 3 heterocycles. The second kappa shape index (κ2) is 7.44. The van der Waals surface area contributed by atoms with Crippen molar-refractivity contribution in [2.24, 2.45) is 7.05 Å². The van der Waals surface area contributed by atoms with Gasteiger partial charge in [-0.25, -0.2) is 4.79 Å². The van der Waals surface area contributed by atoms with Gasteiger partial charge in [-0.3, -0.25) is 13.9 Å². The van der Waals surface area contributed by atoms with Crippen molar-refractivity contribution in [3.05, 3.63) is 58.9 Å². The Morgan fingerprint density at radius 3 is 2.74 bits per heavy atom. The molecule has 0 spiro atoms. The van der Waals surface area contributed by atoms with Crippen LogP contribution < -0.4 is 5.69 Å². The van der Waals surface area contributed by atoms with Crippen LogP contribution in [0.25, 0.3) is 11.0 Å². The lowest BCUT2D eigenvalue weighted by molar-refractivity contribution is -0.134. The summed E-state index contributed by atoms with van der Waals surface area (Å²) >= 11 is 0. The molecule has 0 aliphatic carbocycles. The number of para-hydroxylation sites is 2. The van der Waals surface area contributed by atoms with Crippen molar-refractivity contribution in [3.63, 3.8) is 0 Å². The lowest BCUT2D eigenvalue weighted by Gasteiger charge is -2.25. The highest BCUT2D eigenvalue weighted by atomic mass is 16.5. The van der Waals surface area contributed by atoms with Crippen LogP contribution in [0.5, 0.6) is 0 Å². The average Bonchev–Trinajstić information content (AvgIpc) is 3.41. The summed E-state index contributed by atoms with van der Waals surface area (Å²) in [4.78, 5) is 27.4. The van der Waals surface area contributed by atoms with Crippen LogP contribution >= 0.6 is 0 Å². The van der Waals surface area contributed by atoms with Crippen molar-refractivity contribution in [2.75, 3.05) is 13.2 Å². The minimum absolute atomic E-state index is 0.00633. The molecule has 1 unspecified atom stereocenters. The lowest BCUT2D eigenvalue weighted by atomic mass is 10.2. The first-order valence-electron chi connectivity index (χ1n) is 9.19. The molecular formula is C20H23N3O4. The number of aromatic nitrogens is 2. The summed E-state index contributed by atoms with van der Waals surface area (Å²) in [6.45, 7) is 1.59. The zero-order chi connectivity index (χ0) is 18.8. The lowest BCUT2D eigenvalue weighted by Crippen LogP contribution is -2.40. The van der Waals surface area contributed by atoms with E-state index in [1.165, 1.54) is 4.57 Å². The Hall–Kier alpha value is -2.80. The predicted octanol–water partition coefficient (Wildman–Crippen LogP) is 2.14. The zero-order valence-electron chi connectivity index (χ0n) is 15.3. The Morgan fingerprint density at radius 2 is 2.04 bits per heavy atom. The molecule has 3 aromatic rings. The van der Waals surface area contributed by atoms with Crippen molar-refractivity contribution < 1.29 is 13.9 Å². The van der Waals surface area contributed by atoms with Crippen LogP contribution in [0.2, 0.25) is 0 Å². The summed E-state index contributed by atoms with van der Waals surface area (Å²) in [6, 6.07) is 11.1. The van der Waals surface area contributed by atoms with Gasteiger partial charge < -0.3 is 14.1 Å². The molecule has 0 radical (unpaired) electrons. The van der Waals surface area contributed by atoms with E-state index in [2.05, 4.69) is 0 Å². The topological polar surface area (TPSA) is 69.6 Å². The fourth-order valence-corrected chi connectivity index (χ4v) is 3.63. The van der Waals surface area contributed by atoms with Gasteiger partial charge in [-0.15, -0.1) is 0 Å². The van der Waals surface area contributed by atoms with Crippen LogP contribution in [0.1, 0.15) is 18.6 Å². The molecule has 142 valence electrons. The Kier molecular flexibility index (Phi) is 4.85. The van der Waals surface area contributed by atoms with E-state index in [4.69, 9.17) is 9.15 Å². The maximum atomic E-state index is 13.1. The zero-order valence-corrected chi connectivity index (χ0v) is 15.3. The highest BCUT2D eigenvalue weighted by Crippen LogP contribution is 2.17. The standard InChI is InChI=1S/C20H23N3O4/c1-21-17-8-2-3-9-18(17)23(20(21)25)14-19(24)22(12-15-6-4-10-26-15)13-16-7-5-11-27-16/h2-4,6,8-10,16H,5,7,11-14H2,1H3. The molecule has 1 saturated heterocycles. The van der Waals surface area contributed by atoms with Gasteiger partial charge >= 0.3 is 5.69 Å². The van der Waals surface area contributed by atoms with Crippen molar-refractivity contribution in [2.45, 2.75) is 32.0 Å². The molecule has 0 saturated carbocycles. The molecule has 1 fully saturated rings. The average molecular weight is 369 g/mol. The molecule has 1 aliphatic rings. The maximum absolute atomic E-state index is 13.1. The van der Waals surface area contributed by atoms with Gasteiger partial charge in [-0.2, -0.15) is 0 Å². The van der Waals surface area contributed by atoms with Crippen LogP contribution in [0.3, 0.4) is 0 Å². The molecule has 1 aromatic carbocycles. The molecular weight excluding hydrogens is 346 g/mol. The number of fused-ring (bicyclic) bond motifs is 1. The van der Waals surface area contributed by atoms with E-state index >= 15 is 0 Å². The van der Waals surface area contributed by atoms with Gasteiger partial charge in [0, 0.05) is 20.2 Å². The number of benzene rings is 1. The fourth-order valence-electron chi connectivity index (χ4n) is 3.63. The number of aryl methyl sites for hydroxylation is 1. The van der Waals surface area contributed by atoms with E-state index in [1.54, 1.807) is 28.8 Å². The number of ether oxygens (including phenoxy) is 1. The number of hydrogen-bond donors (Lipinski definition) is 0. The SMILES string of the molecule is Cn1c(=O)n(CC(=O)N(Cc2ccco2)CC2CCCO2)c2ccccc21. The molecule has 1 amide bonds. The smallest absolute Gasteiger partial charge is 0.329 e. The molecule has 7 nitrogen and oxygen atoms in total. The van der Waals surface area contributed by atoms with Crippen molar-refractivity contribution in [1.82, 2.24) is 14.0 Å². The number of amides is 1. The third-order valence-corrected chi connectivity index (χ3v) is 5.07. The van der Waals surface area contributed by atoms with Crippen LogP contribution in [0.4, 0.5) is 0 Å². The Labute approximate surface area is 156 Å². The first-order valence-corrected chi connectivity index (χ1v) is 9.19. The largest absolute Gasteiger partial charge is 0.467 e. The number of carbonyl (C=O) groups excluding carboxylic acids is 1. The number of rotatable bonds is 6. The molecule has 1 atom stereocenters. The summed E-state index contributed by atoms with van der Waals surface area (Å²) in [5, 5.41) is 0. The van der Waals surface area contributed by atoms with Crippen molar-refractivity contribution in [1.29, 1.82) is 0 Å². The maximum Gasteiger partial charge on any atom is 0.329 e. The van der Waals surface area contributed by atoms with Crippen molar-refractivity contribution in [3.8, 4) is 0 Å². The number of hydrogen-bond acceptors (Lipinski definition) is 4. The Balaban J connectivity index is 1.59. The van der Waals surface area contributed by atoms with E-state index in [0.29, 0.717) is 18.8 Å². The number of imidazole rings is 1. The van der Waals surface area contributed by atoms with Gasteiger partial charge in [0.15, 0.2) is 0 Å². The number of furan rings is 1. The molecule has 27 heavy (non-hydrogen) atoms. The summed E-state index contributed by atoms with van der Waals surface area (Å²) in [7, 11) is 1.72. The molecule has 7 heteroatoms. The molecule has 0 N–H and O–H groups in total. The van der Waals surface area contributed by atoms with Gasteiger partial charge in [0.05, 0.1) is 29.9 Å². The fraction of sp³-hybridized carbons (Fsp3) is 0.400. The molecule has 1 aliphatic heterocycles. The Bertz CT molecular complexity index is 980. The van der Waals surface area contributed by atoms with Crippen LogP contribution in [0.15, 0.2) is 51.9 Å². The number of carbonyl (C=O) groups is 1. The normalized spacial score (nSPS) is 16.9. The van der Waals surface area contributed by atoms with Crippen molar-refractivity contribution >= 4 is 16.9 Å². The minimum atomic E-state index is -0.195. The van der Waals surface area contributed by atoms with Gasteiger partial charge in [0.25, 0.3) is 0 Å². The van der Waals surface area contributed by atoms with Crippen LogP contribution in [0, 0.1) is 0 Å². The van der Waals surface area contributed by atoms with Gasteiger partial charge in [0.1, 0.15) is 12.3 Å². The van der Waals surface area contributed by atoms with Gasteiger partial charge in [-0.1, -0.05) is 12.1 Å². The third-order valence-electron chi connectivity index (χ3n) is 5.07. The van der Waals surface area contributed by atoms with E-state index < -0.39 is 0 Å². The monoisotopic (exact) mass is 369 g/mol. The van der Waals surface area contributed by atoms with Crippen LogP contribution in [-0.2, 0) is 29.7 Å². The van der Waals surface area contributed by atoms with Gasteiger partial charge in [-0.05, 0) is 37.1 Å². The number of nitrogens with zero attached hydrogens (tertiary/aromatic N) is 3. The summed E-state index contributed by atoms with van der Waals surface area (Å²) in [5.41, 5.74) is 1.38. The van der Waals surface area contributed by atoms with E-state index in [1.807, 2.05) is 30.3 Å². The highest BCUT2D eigenvalue weighted by molar-refractivity contribution is 5.81. The predicted molar refractivity (Wildman–Crippen MR) is 100 cm³/mol. The molecule has 4 rings (SSSR count). The Morgan fingerprint density at radius 1 is 1.22 bits per heavy atom. The highest BCUT2D eigenvalue weighted by Gasteiger charge is 2.24. The van der Waals surface area contributed by atoms with E-state index in [0.717, 1.165) is 30.5 Å². The van der Waals surface area contributed by atoms with Gasteiger partial charge in [0.2, 0.25) is 5.91 Å². The van der Waals surface area contributed by atoms with E-state index in [9.17, 15) is 9.59 Å². The van der Waals surface area contributed by atoms with Crippen LogP contribution in [-0.4, -0.2) is 39.2 Å². The van der Waals surface area contributed by atoms with E-state index in [-0.39, 0.29) is 24.2 Å². The summed E-state index contributed by atoms with van der Waals surface area (Å²) < 4.78 is 14.2. The first-order chi connectivity index (χ1) is 13.1.